The number of aromatic nitrogens is 3. The predicted molar refractivity (Wildman–Crippen MR) is 69.6 cm³/mol. The Labute approximate surface area is 119 Å². The topological polar surface area (TPSA) is 110 Å². The van der Waals surface area contributed by atoms with Gasteiger partial charge in [-0.05, 0) is 18.2 Å². The van der Waals surface area contributed by atoms with Crippen LogP contribution >= 0.6 is 0 Å². The standard InChI is InChI=1S/C13H9N5O3/c14-4-12-15-7-18(17-12)5-10(19)8-1-2-11-9(3-8)16-13(20)6-21-11/h1-3,7H,5-6H2,(H,16,20). The second kappa shape index (κ2) is 5.05. The van der Waals surface area contributed by atoms with Crippen LogP contribution in [0.4, 0.5) is 5.69 Å². The molecule has 1 aliphatic heterocycles. The third kappa shape index (κ3) is 2.57. The number of ketones is 1. The van der Waals surface area contributed by atoms with Crippen LogP contribution in [-0.4, -0.2) is 33.1 Å². The van der Waals surface area contributed by atoms with E-state index in [9.17, 15) is 9.59 Å². The molecule has 21 heavy (non-hydrogen) atoms. The van der Waals surface area contributed by atoms with E-state index in [0.717, 1.165) is 0 Å². The molecule has 8 nitrogen and oxygen atoms in total. The molecule has 0 bridgehead atoms. The van der Waals surface area contributed by atoms with Crippen LogP contribution in [0.15, 0.2) is 24.5 Å². The van der Waals surface area contributed by atoms with Crippen molar-refractivity contribution < 1.29 is 14.3 Å². The van der Waals surface area contributed by atoms with Gasteiger partial charge in [-0.3, -0.25) is 9.59 Å². The fourth-order valence-electron chi connectivity index (χ4n) is 1.92. The van der Waals surface area contributed by atoms with Crippen LogP contribution in [0.2, 0.25) is 0 Å². The minimum atomic E-state index is -0.262. The molecule has 0 aliphatic carbocycles. The molecule has 3 rings (SSSR count). The molecule has 2 aromatic rings. The average molecular weight is 283 g/mol. The van der Waals surface area contributed by atoms with Crippen molar-refractivity contribution in [1.82, 2.24) is 14.8 Å². The van der Waals surface area contributed by atoms with Crippen molar-refractivity contribution in [3.05, 3.63) is 35.9 Å². The summed E-state index contributed by atoms with van der Waals surface area (Å²) in [4.78, 5) is 27.1. The van der Waals surface area contributed by atoms with Crippen LogP contribution in [0.5, 0.6) is 5.75 Å². The second-order valence-electron chi connectivity index (χ2n) is 4.35. The van der Waals surface area contributed by atoms with Crippen LogP contribution in [0.25, 0.3) is 0 Å². The van der Waals surface area contributed by atoms with Crippen LogP contribution in [0.3, 0.4) is 0 Å². The van der Waals surface area contributed by atoms with Gasteiger partial charge in [-0.2, -0.15) is 5.26 Å². The van der Waals surface area contributed by atoms with Crippen LogP contribution < -0.4 is 10.1 Å². The molecule has 1 amide bonds. The maximum absolute atomic E-state index is 12.2. The molecule has 0 spiro atoms. The van der Waals surface area contributed by atoms with Crippen molar-refractivity contribution >= 4 is 17.4 Å². The summed E-state index contributed by atoms with van der Waals surface area (Å²) in [6.07, 6.45) is 1.32. The lowest BCUT2D eigenvalue weighted by atomic mass is 10.1. The van der Waals surface area contributed by atoms with E-state index in [1.807, 2.05) is 0 Å². The average Bonchev–Trinajstić information content (AvgIpc) is 2.94. The van der Waals surface area contributed by atoms with Crippen molar-refractivity contribution in [2.45, 2.75) is 6.54 Å². The van der Waals surface area contributed by atoms with Gasteiger partial charge in [-0.15, -0.1) is 5.10 Å². The van der Waals surface area contributed by atoms with E-state index in [0.29, 0.717) is 17.0 Å². The van der Waals surface area contributed by atoms with Gasteiger partial charge in [0.15, 0.2) is 12.4 Å². The fourth-order valence-corrected chi connectivity index (χ4v) is 1.92. The summed E-state index contributed by atoms with van der Waals surface area (Å²) in [7, 11) is 0. The molecule has 1 aromatic heterocycles. The minimum Gasteiger partial charge on any atom is -0.482 e. The molecule has 0 atom stereocenters. The lowest BCUT2D eigenvalue weighted by molar-refractivity contribution is -0.118. The third-order valence-electron chi connectivity index (χ3n) is 2.88. The number of Topliss-reactive ketones (excluding diaryl/α,β-unsaturated/α-hetero) is 1. The fraction of sp³-hybridized carbons (Fsp3) is 0.154. The first-order chi connectivity index (χ1) is 10.2. The molecule has 0 saturated heterocycles. The summed E-state index contributed by atoms with van der Waals surface area (Å²) in [5, 5.41) is 15.1. The summed E-state index contributed by atoms with van der Waals surface area (Å²) in [5.41, 5.74) is 0.877. The van der Waals surface area contributed by atoms with E-state index in [1.165, 1.54) is 11.0 Å². The monoisotopic (exact) mass is 283 g/mol. The van der Waals surface area contributed by atoms with Crippen LogP contribution in [-0.2, 0) is 11.3 Å². The van der Waals surface area contributed by atoms with Gasteiger partial charge in [0.2, 0.25) is 0 Å². The van der Waals surface area contributed by atoms with E-state index in [2.05, 4.69) is 15.4 Å². The Morgan fingerprint density at radius 1 is 1.52 bits per heavy atom. The Hall–Kier alpha value is -3.21. The zero-order valence-corrected chi connectivity index (χ0v) is 10.7. The van der Waals surface area contributed by atoms with Gasteiger partial charge in [-0.1, -0.05) is 0 Å². The van der Waals surface area contributed by atoms with Gasteiger partial charge < -0.3 is 10.1 Å². The highest BCUT2D eigenvalue weighted by Crippen LogP contribution is 2.28. The Morgan fingerprint density at radius 3 is 3.14 bits per heavy atom. The summed E-state index contributed by atoms with van der Waals surface area (Å²) in [6.45, 7) is -0.0710. The first-order valence-corrected chi connectivity index (χ1v) is 6.05. The SMILES string of the molecule is N#Cc1ncn(CC(=O)c2ccc3c(c2)NC(=O)CO3)n1. The number of hydrogen-bond donors (Lipinski definition) is 1. The van der Waals surface area contributed by atoms with E-state index in [4.69, 9.17) is 10.00 Å². The molecule has 0 fully saturated rings. The normalized spacial score (nSPS) is 12.8. The van der Waals surface area contributed by atoms with Gasteiger partial charge in [-0.25, -0.2) is 9.67 Å². The summed E-state index contributed by atoms with van der Waals surface area (Å²) >= 11 is 0. The van der Waals surface area contributed by atoms with Crippen molar-refractivity contribution in [3.8, 4) is 11.8 Å². The third-order valence-corrected chi connectivity index (χ3v) is 2.88. The largest absolute Gasteiger partial charge is 0.482 e. The molecule has 1 N–H and O–H groups in total. The lowest BCUT2D eigenvalue weighted by Crippen LogP contribution is -2.25. The number of ether oxygens (including phenoxy) is 1. The Kier molecular flexibility index (Phi) is 3.08. The molecule has 0 unspecified atom stereocenters. The van der Waals surface area contributed by atoms with E-state index < -0.39 is 0 Å². The number of benzene rings is 1. The van der Waals surface area contributed by atoms with Crippen LogP contribution in [0.1, 0.15) is 16.2 Å². The van der Waals surface area contributed by atoms with E-state index >= 15 is 0 Å². The number of hydrogen-bond acceptors (Lipinski definition) is 6. The highest BCUT2D eigenvalue weighted by Gasteiger charge is 2.18. The smallest absolute Gasteiger partial charge is 0.262 e. The maximum atomic E-state index is 12.2. The summed E-state index contributed by atoms with van der Waals surface area (Å²) < 4.78 is 6.51. The van der Waals surface area contributed by atoms with Gasteiger partial charge >= 0.3 is 0 Å². The van der Waals surface area contributed by atoms with E-state index in [1.54, 1.807) is 24.3 Å². The number of rotatable bonds is 3. The summed E-state index contributed by atoms with van der Waals surface area (Å²) in [5.74, 6) is 0.0571. The molecule has 8 heteroatoms. The number of fused-ring (bicyclic) bond motifs is 1. The molecule has 104 valence electrons. The van der Waals surface area contributed by atoms with Crippen molar-refractivity contribution in [1.29, 1.82) is 5.26 Å². The molecule has 0 radical (unpaired) electrons. The van der Waals surface area contributed by atoms with Crippen molar-refractivity contribution in [2.24, 2.45) is 0 Å². The summed E-state index contributed by atoms with van der Waals surface area (Å²) in [6, 6.07) is 6.58. The van der Waals surface area contributed by atoms with Gasteiger partial charge in [0.1, 0.15) is 24.7 Å². The number of carbonyl (C=O) groups is 2. The van der Waals surface area contributed by atoms with Gasteiger partial charge in [0.05, 0.1) is 5.69 Å². The van der Waals surface area contributed by atoms with Crippen molar-refractivity contribution in [2.75, 3.05) is 11.9 Å². The molecule has 0 saturated carbocycles. The first kappa shape index (κ1) is 12.8. The highest BCUT2D eigenvalue weighted by molar-refractivity contribution is 6.00. The number of carbonyl (C=O) groups excluding carboxylic acids is 2. The first-order valence-electron chi connectivity index (χ1n) is 6.05. The zero-order valence-electron chi connectivity index (χ0n) is 10.7. The number of nitrogens with zero attached hydrogens (tertiary/aromatic N) is 4. The number of anilines is 1. The number of amides is 1. The Bertz CT molecular complexity index is 774. The Balaban J connectivity index is 1.80. The molecular weight excluding hydrogens is 274 g/mol. The molecule has 2 heterocycles. The molecule has 1 aliphatic rings. The van der Waals surface area contributed by atoms with Gasteiger partial charge in [0.25, 0.3) is 11.7 Å². The number of nitriles is 1. The van der Waals surface area contributed by atoms with Gasteiger partial charge in [0, 0.05) is 5.56 Å². The second-order valence-corrected chi connectivity index (χ2v) is 4.35. The van der Waals surface area contributed by atoms with E-state index in [-0.39, 0.29) is 30.7 Å². The quantitative estimate of drug-likeness (QED) is 0.814. The lowest BCUT2D eigenvalue weighted by Gasteiger charge is -2.18. The predicted octanol–water partition coefficient (Wildman–Crippen LogP) is 0.364. The molecule has 1 aromatic carbocycles. The zero-order chi connectivity index (χ0) is 14.8. The Morgan fingerprint density at radius 2 is 2.38 bits per heavy atom. The highest BCUT2D eigenvalue weighted by atomic mass is 16.5. The van der Waals surface area contributed by atoms with Crippen molar-refractivity contribution in [3.63, 3.8) is 0 Å². The minimum absolute atomic E-state index is 0.00824. The number of nitrogens with one attached hydrogen (secondary N) is 1. The van der Waals surface area contributed by atoms with Crippen LogP contribution in [0, 0.1) is 11.3 Å². The maximum Gasteiger partial charge on any atom is 0.262 e. The molecular formula is C13H9N5O3.